The van der Waals surface area contributed by atoms with E-state index in [2.05, 4.69) is 29.1 Å². The van der Waals surface area contributed by atoms with Crippen molar-refractivity contribution < 1.29 is 23.9 Å². The Morgan fingerprint density at radius 3 is 2.52 bits per heavy atom. The zero-order valence-electron chi connectivity index (χ0n) is 23.5. The number of piperazine rings is 1. The van der Waals surface area contributed by atoms with Crippen molar-refractivity contribution in [1.82, 2.24) is 20.1 Å². The zero-order valence-corrected chi connectivity index (χ0v) is 25.1. The average Bonchev–Trinajstić information content (AvgIpc) is 3.62. The molecule has 3 aliphatic rings. The number of aromatic nitrogens is 1. The Hall–Kier alpha value is -2.57. The standard InChI is InChI=1S/C28H36ClN5O5S/c1-16-21(30-27(40-16)33-12-10-32(4)11-13-33)17-6-8-18(9-7-17)25(36)31-24(28(2,3)38-5)26(37)34-14-19(29)23-22(34)20(35)15-39-23/h6-9,19,22-24H,10-15H2,1-5H3,(H,31,36). The van der Waals surface area contributed by atoms with Gasteiger partial charge in [0.25, 0.3) is 5.91 Å². The fourth-order valence-electron chi connectivity index (χ4n) is 5.42. The van der Waals surface area contributed by atoms with Crippen LogP contribution in [-0.2, 0) is 19.1 Å². The zero-order chi connectivity index (χ0) is 28.8. The molecule has 1 N–H and O–H groups in total. The van der Waals surface area contributed by atoms with Gasteiger partial charge in [-0.25, -0.2) is 4.98 Å². The Kier molecular flexibility index (Phi) is 8.22. The number of nitrogens with zero attached hydrogens (tertiary/aromatic N) is 4. The third-order valence-electron chi connectivity index (χ3n) is 8.13. The molecule has 3 fully saturated rings. The van der Waals surface area contributed by atoms with E-state index in [1.165, 1.54) is 12.0 Å². The molecule has 0 aliphatic carbocycles. The van der Waals surface area contributed by atoms with Gasteiger partial charge in [0, 0.05) is 55.8 Å². The second-order valence-electron chi connectivity index (χ2n) is 11.2. The molecule has 12 heteroatoms. The lowest BCUT2D eigenvalue weighted by atomic mass is 9.95. The summed E-state index contributed by atoms with van der Waals surface area (Å²) >= 11 is 8.08. The van der Waals surface area contributed by atoms with E-state index in [9.17, 15) is 14.4 Å². The SMILES string of the molecule is COC(C)(C)C(NC(=O)c1ccc(-c2nc(N3CCN(C)CC3)sc2C)cc1)C(=O)N1CC(Cl)C2OCC(=O)C21. The summed E-state index contributed by atoms with van der Waals surface area (Å²) in [5.74, 6) is -1.04. The molecule has 1 aromatic heterocycles. The lowest BCUT2D eigenvalue weighted by Gasteiger charge is -2.36. The van der Waals surface area contributed by atoms with E-state index in [1.54, 1.807) is 37.3 Å². The van der Waals surface area contributed by atoms with Gasteiger partial charge in [-0.2, -0.15) is 0 Å². The number of benzene rings is 1. The fraction of sp³-hybridized carbons (Fsp3) is 0.571. The van der Waals surface area contributed by atoms with Crippen LogP contribution in [0, 0.1) is 6.92 Å². The lowest BCUT2D eigenvalue weighted by molar-refractivity contribution is -0.144. The van der Waals surface area contributed by atoms with Crippen molar-refractivity contribution in [3.05, 3.63) is 34.7 Å². The minimum Gasteiger partial charge on any atom is -0.376 e. The fourth-order valence-corrected chi connectivity index (χ4v) is 6.76. The summed E-state index contributed by atoms with van der Waals surface area (Å²) in [5, 5.41) is 3.37. The average molecular weight is 590 g/mol. The van der Waals surface area contributed by atoms with Gasteiger partial charge in [-0.05, 0) is 40.0 Å². The van der Waals surface area contributed by atoms with Crippen molar-refractivity contribution in [2.75, 3.05) is 58.4 Å². The van der Waals surface area contributed by atoms with Crippen molar-refractivity contribution in [1.29, 1.82) is 0 Å². The quantitative estimate of drug-likeness (QED) is 0.490. The maximum Gasteiger partial charge on any atom is 0.252 e. The number of halogens is 1. The molecule has 2 amide bonds. The second kappa shape index (κ2) is 11.4. The molecule has 10 nitrogen and oxygen atoms in total. The highest BCUT2D eigenvalue weighted by molar-refractivity contribution is 7.16. The summed E-state index contributed by atoms with van der Waals surface area (Å²) in [6, 6.07) is 5.41. The number of hydrogen-bond acceptors (Lipinski definition) is 9. The molecular formula is C28H36ClN5O5S. The van der Waals surface area contributed by atoms with Crippen molar-refractivity contribution >= 4 is 45.7 Å². The number of fused-ring (bicyclic) bond motifs is 1. The Balaban J connectivity index is 1.32. The molecule has 216 valence electrons. The highest BCUT2D eigenvalue weighted by Gasteiger charge is 2.54. The van der Waals surface area contributed by atoms with Crippen LogP contribution in [0.1, 0.15) is 29.1 Å². The van der Waals surface area contributed by atoms with Crippen LogP contribution in [-0.4, -0.2) is 115 Å². The Morgan fingerprint density at radius 1 is 1.20 bits per heavy atom. The number of rotatable bonds is 7. The van der Waals surface area contributed by atoms with Gasteiger partial charge in [0.1, 0.15) is 24.8 Å². The predicted molar refractivity (Wildman–Crippen MR) is 154 cm³/mol. The monoisotopic (exact) mass is 589 g/mol. The summed E-state index contributed by atoms with van der Waals surface area (Å²) < 4.78 is 11.1. The maximum absolute atomic E-state index is 13.7. The number of carbonyl (C=O) groups is 3. The highest BCUT2D eigenvalue weighted by atomic mass is 35.5. The molecule has 4 atom stereocenters. The first-order chi connectivity index (χ1) is 19.0. The smallest absolute Gasteiger partial charge is 0.252 e. The first-order valence-corrected chi connectivity index (χ1v) is 14.7. The second-order valence-corrected chi connectivity index (χ2v) is 12.9. The number of amides is 2. The number of carbonyl (C=O) groups excluding carboxylic acids is 3. The first kappa shape index (κ1) is 28.9. The molecule has 4 heterocycles. The molecule has 0 radical (unpaired) electrons. The molecule has 0 bridgehead atoms. The molecule has 0 saturated carbocycles. The van der Waals surface area contributed by atoms with Gasteiger partial charge in [0.15, 0.2) is 10.9 Å². The highest BCUT2D eigenvalue weighted by Crippen LogP contribution is 2.34. The molecule has 1 aromatic carbocycles. The Labute approximate surface area is 243 Å². The first-order valence-electron chi connectivity index (χ1n) is 13.5. The third kappa shape index (κ3) is 5.49. The van der Waals surface area contributed by atoms with Crippen LogP contribution in [0.25, 0.3) is 11.3 Å². The van der Waals surface area contributed by atoms with Crippen LogP contribution in [0.3, 0.4) is 0 Å². The van der Waals surface area contributed by atoms with Crippen molar-refractivity contribution in [3.63, 3.8) is 0 Å². The number of hydrogen-bond donors (Lipinski definition) is 1. The van der Waals surface area contributed by atoms with E-state index in [0.29, 0.717) is 5.56 Å². The number of ether oxygens (including phenoxy) is 2. The summed E-state index contributed by atoms with van der Waals surface area (Å²) in [6.45, 7) is 9.51. The number of thiazole rings is 1. The molecule has 40 heavy (non-hydrogen) atoms. The molecule has 2 aromatic rings. The Morgan fingerprint density at radius 2 is 1.88 bits per heavy atom. The third-order valence-corrected chi connectivity index (χ3v) is 9.55. The van der Waals surface area contributed by atoms with E-state index in [1.807, 2.05) is 12.1 Å². The van der Waals surface area contributed by atoms with Gasteiger partial charge in [-0.1, -0.05) is 12.1 Å². The predicted octanol–water partition coefficient (Wildman–Crippen LogP) is 2.18. The summed E-state index contributed by atoms with van der Waals surface area (Å²) in [6.07, 6.45) is -0.543. The largest absolute Gasteiger partial charge is 0.376 e. The molecule has 3 saturated heterocycles. The minimum absolute atomic E-state index is 0.0747. The van der Waals surface area contributed by atoms with Gasteiger partial charge >= 0.3 is 0 Å². The van der Waals surface area contributed by atoms with Gasteiger partial charge < -0.3 is 29.5 Å². The van der Waals surface area contributed by atoms with Crippen LogP contribution >= 0.6 is 22.9 Å². The minimum atomic E-state index is -1.05. The van der Waals surface area contributed by atoms with Crippen LogP contribution < -0.4 is 10.2 Å². The van der Waals surface area contributed by atoms with Crippen LogP contribution in [0.4, 0.5) is 5.13 Å². The number of alkyl halides is 1. The summed E-state index contributed by atoms with van der Waals surface area (Å²) in [5.41, 5.74) is 1.18. The van der Waals surface area contributed by atoms with Crippen molar-refractivity contribution in [2.45, 2.75) is 49.9 Å². The van der Waals surface area contributed by atoms with E-state index in [4.69, 9.17) is 26.1 Å². The van der Waals surface area contributed by atoms with E-state index >= 15 is 0 Å². The molecule has 4 unspecified atom stereocenters. The van der Waals surface area contributed by atoms with Crippen molar-refractivity contribution in [2.24, 2.45) is 0 Å². The number of Topliss-reactive ketones (excluding diaryl/α,β-unsaturated/α-hetero) is 1. The number of aryl methyl sites for hydroxylation is 1. The van der Waals surface area contributed by atoms with Gasteiger partial charge in [0.2, 0.25) is 5.91 Å². The van der Waals surface area contributed by atoms with Crippen LogP contribution in [0.5, 0.6) is 0 Å². The Bertz CT molecular complexity index is 1280. The van der Waals surface area contributed by atoms with Crippen LogP contribution in [0.2, 0.25) is 0 Å². The lowest BCUT2D eigenvalue weighted by Crippen LogP contribution is -2.60. The molecule has 5 rings (SSSR count). The normalized spacial score (nSPS) is 24.4. The topological polar surface area (TPSA) is 104 Å². The number of likely N-dealkylation sites (N-methyl/N-ethyl adjacent to an activating group) is 1. The number of nitrogens with one attached hydrogen (secondary N) is 1. The summed E-state index contributed by atoms with van der Waals surface area (Å²) in [7, 11) is 3.61. The molecule has 0 spiro atoms. The van der Waals surface area contributed by atoms with Gasteiger partial charge in [0.05, 0.1) is 16.7 Å². The molecular weight excluding hydrogens is 554 g/mol. The van der Waals surface area contributed by atoms with Crippen LogP contribution in [0.15, 0.2) is 24.3 Å². The van der Waals surface area contributed by atoms with Crippen molar-refractivity contribution in [3.8, 4) is 11.3 Å². The maximum atomic E-state index is 13.7. The number of ketones is 1. The number of methoxy groups -OCH3 is 1. The van der Waals surface area contributed by atoms with E-state index < -0.39 is 41.0 Å². The van der Waals surface area contributed by atoms with E-state index in [-0.39, 0.29) is 18.9 Å². The van der Waals surface area contributed by atoms with Gasteiger partial charge in [-0.3, -0.25) is 14.4 Å². The number of likely N-dealkylation sites (tertiary alicyclic amines) is 1. The van der Waals surface area contributed by atoms with Gasteiger partial charge in [-0.15, -0.1) is 22.9 Å². The number of anilines is 1. The summed E-state index contributed by atoms with van der Waals surface area (Å²) in [4.78, 5) is 51.7. The van der Waals surface area contributed by atoms with E-state index in [0.717, 1.165) is 47.4 Å². The molecule has 3 aliphatic heterocycles.